The zero-order chi connectivity index (χ0) is 15.7. The summed E-state index contributed by atoms with van der Waals surface area (Å²) in [5.41, 5.74) is 3.81. The minimum Gasteiger partial charge on any atom is -0.503 e. The smallest absolute Gasteiger partial charge is 0.172 e. The van der Waals surface area contributed by atoms with Crippen LogP contribution in [-0.4, -0.2) is 22.2 Å². The average molecular weight is 427 g/mol. The van der Waals surface area contributed by atoms with Gasteiger partial charge in [0.15, 0.2) is 11.5 Å². The summed E-state index contributed by atoms with van der Waals surface area (Å²) in [4.78, 5) is 7.33. The van der Waals surface area contributed by atoms with Gasteiger partial charge in [-0.15, -0.1) is 0 Å². The van der Waals surface area contributed by atoms with E-state index in [0.29, 0.717) is 16.8 Å². The number of benzene rings is 2. The fourth-order valence-corrected chi connectivity index (χ4v) is 3.25. The molecule has 7 heteroatoms. The van der Waals surface area contributed by atoms with Crippen LogP contribution in [0.25, 0.3) is 11.0 Å². The molecule has 22 heavy (non-hydrogen) atoms. The summed E-state index contributed by atoms with van der Waals surface area (Å²) in [7, 11) is 1.53. The third-order valence-electron chi connectivity index (χ3n) is 3.28. The SMILES string of the molecule is COc1cc(CNc2cc(Br)c3nc[nH]c3c2)cc(Br)c1O. The van der Waals surface area contributed by atoms with E-state index in [1.165, 1.54) is 7.11 Å². The lowest BCUT2D eigenvalue weighted by Crippen LogP contribution is -2.00. The lowest BCUT2D eigenvalue weighted by atomic mass is 10.2. The Balaban J connectivity index is 1.83. The van der Waals surface area contributed by atoms with Gasteiger partial charge < -0.3 is 20.1 Å². The van der Waals surface area contributed by atoms with Gasteiger partial charge in [-0.25, -0.2) is 4.98 Å². The number of fused-ring (bicyclic) bond motifs is 1. The molecule has 0 aliphatic rings. The molecule has 3 aromatic rings. The number of nitrogens with zero attached hydrogens (tertiary/aromatic N) is 1. The summed E-state index contributed by atoms with van der Waals surface area (Å²) >= 11 is 6.84. The van der Waals surface area contributed by atoms with Crippen molar-refractivity contribution in [3.05, 3.63) is 45.1 Å². The van der Waals surface area contributed by atoms with Gasteiger partial charge in [-0.2, -0.15) is 0 Å². The summed E-state index contributed by atoms with van der Waals surface area (Å²) < 4.78 is 6.69. The molecule has 0 atom stereocenters. The molecule has 0 aliphatic carbocycles. The summed E-state index contributed by atoms with van der Waals surface area (Å²) in [6.07, 6.45) is 1.67. The van der Waals surface area contributed by atoms with Crippen LogP contribution in [0.2, 0.25) is 0 Å². The number of halogens is 2. The fourth-order valence-electron chi connectivity index (χ4n) is 2.20. The second-order valence-electron chi connectivity index (χ2n) is 4.74. The number of aromatic nitrogens is 2. The monoisotopic (exact) mass is 425 g/mol. The molecule has 2 aromatic carbocycles. The molecule has 3 rings (SSSR count). The number of ether oxygens (including phenoxy) is 1. The van der Waals surface area contributed by atoms with Crippen molar-refractivity contribution < 1.29 is 9.84 Å². The largest absolute Gasteiger partial charge is 0.503 e. The summed E-state index contributed by atoms with van der Waals surface area (Å²) in [5.74, 6) is 0.546. The van der Waals surface area contributed by atoms with Gasteiger partial charge in [0.2, 0.25) is 0 Å². The Morgan fingerprint density at radius 3 is 2.82 bits per heavy atom. The molecule has 0 saturated heterocycles. The number of phenolic OH excluding ortho intramolecular Hbond substituents is 1. The number of rotatable bonds is 4. The first kappa shape index (κ1) is 15.2. The molecule has 0 radical (unpaired) electrons. The van der Waals surface area contributed by atoms with Crippen LogP contribution in [0, 0.1) is 0 Å². The van der Waals surface area contributed by atoms with E-state index in [9.17, 15) is 5.11 Å². The summed E-state index contributed by atoms with van der Waals surface area (Å²) in [6, 6.07) is 7.64. The van der Waals surface area contributed by atoms with E-state index in [4.69, 9.17) is 4.74 Å². The van der Waals surface area contributed by atoms with Gasteiger partial charge in [0, 0.05) is 16.7 Å². The van der Waals surface area contributed by atoms with Gasteiger partial charge in [-0.3, -0.25) is 0 Å². The van der Waals surface area contributed by atoms with E-state index in [1.54, 1.807) is 12.4 Å². The lowest BCUT2D eigenvalue weighted by Gasteiger charge is -2.11. The van der Waals surface area contributed by atoms with Crippen molar-refractivity contribution in [3.8, 4) is 11.5 Å². The minimum absolute atomic E-state index is 0.105. The number of methoxy groups -OCH3 is 1. The van der Waals surface area contributed by atoms with Crippen LogP contribution in [0.1, 0.15) is 5.56 Å². The Bertz CT molecular complexity index is 833. The molecule has 5 nitrogen and oxygen atoms in total. The maximum Gasteiger partial charge on any atom is 0.172 e. The van der Waals surface area contributed by atoms with Crippen molar-refractivity contribution in [2.75, 3.05) is 12.4 Å². The number of aromatic amines is 1. The van der Waals surface area contributed by atoms with E-state index in [1.807, 2.05) is 18.2 Å². The Morgan fingerprint density at radius 2 is 2.05 bits per heavy atom. The van der Waals surface area contributed by atoms with E-state index >= 15 is 0 Å². The van der Waals surface area contributed by atoms with Crippen molar-refractivity contribution in [1.82, 2.24) is 9.97 Å². The Kier molecular flexibility index (Phi) is 4.26. The molecule has 1 aromatic heterocycles. The van der Waals surface area contributed by atoms with Crippen molar-refractivity contribution in [2.45, 2.75) is 6.54 Å². The molecule has 1 heterocycles. The van der Waals surface area contributed by atoms with Crippen LogP contribution in [0.3, 0.4) is 0 Å². The number of nitrogens with one attached hydrogen (secondary N) is 2. The van der Waals surface area contributed by atoms with Gasteiger partial charge in [0.05, 0.1) is 23.4 Å². The lowest BCUT2D eigenvalue weighted by molar-refractivity contribution is 0.371. The first-order valence-corrected chi connectivity index (χ1v) is 8.09. The highest BCUT2D eigenvalue weighted by atomic mass is 79.9. The second kappa shape index (κ2) is 6.18. The quantitative estimate of drug-likeness (QED) is 0.577. The molecule has 0 fully saturated rings. The number of anilines is 1. The fraction of sp³-hybridized carbons (Fsp3) is 0.133. The molecule has 3 N–H and O–H groups in total. The van der Waals surface area contributed by atoms with Gasteiger partial charge in [-0.05, 0) is 61.7 Å². The van der Waals surface area contributed by atoms with Crippen LogP contribution >= 0.6 is 31.9 Å². The summed E-state index contributed by atoms with van der Waals surface area (Å²) in [5, 5.41) is 13.2. The van der Waals surface area contributed by atoms with E-state index in [2.05, 4.69) is 47.1 Å². The van der Waals surface area contributed by atoms with E-state index in [-0.39, 0.29) is 5.75 Å². The van der Waals surface area contributed by atoms with Crippen LogP contribution in [0.4, 0.5) is 5.69 Å². The summed E-state index contributed by atoms with van der Waals surface area (Å²) in [6.45, 7) is 0.599. The normalized spacial score (nSPS) is 10.9. The zero-order valence-corrected chi connectivity index (χ0v) is 14.8. The second-order valence-corrected chi connectivity index (χ2v) is 6.45. The molecule has 0 unspecified atom stereocenters. The molecule has 114 valence electrons. The number of phenols is 1. The average Bonchev–Trinajstić information content (AvgIpc) is 2.97. The molecular weight excluding hydrogens is 414 g/mol. The zero-order valence-electron chi connectivity index (χ0n) is 11.7. The Morgan fingerprint density at radius 1 is 1.23 bits per heavy atom. The maximum atomic E-state index is 9.83. The highest BCUT2D eigenvalue weighted by molar-refractivity contribution is 9.11. The van der Waals surface area contributed by atoms with Crippen molar-refractivity contribution >= 4 is 48.6 Å². The molecule has 0 bridgehead atoms. The van der Waals surface area contributed by atoms with Gasteiger partial charge in [0.1, 0.15) is 5.52 Å². The first-order chi connectivity index (χ1) is 10.6. The van der Waals surface area contributed by atoms with Gasteiger partial charge in [0.25, 0.3) is 0 Å². The van der Waals surface area contributed by atoms with Crippen molar-refractivity contribution in [1.29, 1.82) is 0 Å². The maximum absolute atomic E-state index is 9.83. The molecule has 0 saturated carbocycles. The molecule has 0 aliphatic heterocycles. The van der Waals surface area contributed by atoms with Crippen LogP contribution in [0.5, 0.6) is 11.5 Å². The topological polar surface area (TPSA) is 70.2 Å². The Labute approximate surface area is 144 Å². The number of H-pyrrole nitrogens is 1. The van der Waals surface area contributed by atoms with E-state index in [0.717, 1.165) is 26.8 Å². The van der Waals surface area contributed by atoms with Crippen LogP contribution in [0.15, 0.2) is 39.5 Å². The standard InChI is InChI=1S/C15H13Br2N3O2/c1-22-13-3-8(2-11(17)15(13)21)6-18-9-4-10(16)14-12(5-9)19-7-20-14/h2-5,7,18,21H,6H2,1H3,(H,19,20). The van der Waals surface area contributed by atoms with Crippen LogP contribution < -0.4 is 10.1 Å². The Hall–Kier alpha value is -1.73. The predicted octanol–water partition coefficient (Wildman–Crippen LogP) is 4.41. The van der Waals surface area contributed by atoms with Gasteiger partial charge in [-0.1, -0.05) is 0 Å². The predicted molar refractivity (Wildman–Crippen MR) is 93.5 cm³/mol. The third kappa shape index (κ3) is 2.91. The number of imidazole rings is 1. The van der Waals surface area contributed by atoms with Crippen molar-refractivity contribution in [3.63, 3.8) is 0 Å². The van der Waals surface area contributed by atoms with Crippen LogP contribution in [-0.2, 0) is 6.54 Å². The highest BCUT2D eigenvalue weighted by Crippen LogP contribution is 2.35. The highest BCUT2D eigenvalue weighted by Gasteiger charge is 2.09. The van der Waals surface area contributed by atoms with Crippen molar-refractivity contribution in [2.24, 2.45) is 0 Å². The molecule has 0 amide bonds. The van der Waals surface area contributed by atoms with E-state index < -0.39 is 0 Å². The molecular formula is C15H13Br2N3O2. The molecule has 0 spiro atoms. The third-order valence-corrected chi connectivity index (χ3v) is 4.49. The first-order valence-electron chi connectivity index (χ1n) is 6.50. The van der Waals surface area contributed by atoms with Gasteiger partial charge >= 0.3 is 0 Å². The minimum atomic E-state index is 0.105. The number of aromatic hydroxyl groups is 1. The number of hydrogen-bond donors (Lipinski definition) is 3. The number of hydrogen-bond acceptors (Lipinski definition) is 4.